The van der Waals surface area contributed by atoms with E-state index in [-0.39, 0.29) is 0 Å². The molecule has 2 aromatic carbocycles. The second kappa shape index (κ2) is 7.75. The zero-order chi connectivity index (χ0) is 20.5. The zero-order valence-corrected chi connectivity index (χ0v) is 17.9. The molecule has 2 aromatic heterocycles. The normalized spacial score (nSPS) is 11.1. The summed E-state index contributed by atoms with van der Waals surface area (Å²) < 4.78 is 13.2. The van der Waals surface area contributed by atoms with Gasteiger partial charge in [0.1, 0.15) is 5.69 Å². The Morgan fingerprint density at radius 1 is 0.966 bits per heavy atom. The molecule has 0 saturated carbocycles. The fraction of sp³-hybridized carbons (Fsp3) is 0.227. The first-order valence-electron chi connectivity index (χ1n) is 9.21. The molecule has 6 nitrogen and oxygen atoms in total. The fourth-order valence-corrected chi connectivity index (χ4v) is 3.82. The van der Waals surface area contributed by atoms with Crippen LogP contribution in [0.2, 0.25) is 0 Å². The highest BCUT2D eigenvalue weighted by Gasteiger charge is 2.24. The monoisotopic (exact) mass is 407 g/mol. The largest absolute Gasteiger partial charge is 0.493 e. The molecule has 0 saturated heterocycles. The number of pyridine rings is 1. The molecule has 0 aliphatic carbocycles. The maximum Gasteiger partial charge on any atom is 0.423 e. The molecule has 1 N–H and O–H groups in total. The van der Waals surface area contributed by atoms with E-state index in [2.05, 4.69) is 63.9 Å². The molecule has 2 heterocycles. The lowest BCUT2D eigenvalue weighted by Crippen LogP contribution is -2.38. The van der Waals surface area contributed by atoms with Crippen LogP contribution in [0, 0.1) is 13.8 Å². The number of aromatic nitrogens is 4. The number of ether oxygens (including phenoxy) is 2. The first-order valence-corrected chi connectivity index (χ1v) is 10.4. The number of thioether (sulfide) groups is 1. The Bertz CT molecular complexity index is 1190. The summed E-state index contributed by atoms with van der Waals surface area (Å²) >= 11 is 1.51. The number of hydrogen-bond acceptors (Lipinski definition) is 5. The maximum absolute atomic E-state index is 5.58. The Balaban J connectivity index is 2.11. The summed E-state index contributed by atoms with van der Waals surface area (Å²) in [5.74, 6) is 2.07. The number of rotatable bonds is 5. The number of methoxy groups -OCH3 is 2. The molecular formula is C22H23N4O2S+. The minimum absolute atomic E-state index is 0.680. The number of nitrogens with one attached hydrogen (secondary N) is 1. The average Bonchev–Trinajstić information content (AvgIpc) is 3.21. The van der Waals surface area contributed by atoms with Gasteiger partial charge in [-0.2, -0.15) is 4.57 Å². The van der Waals surface area contributed by atoms with Crippen LogP contribution >= 0.6 is 11.8 Å². The summed E-state index contributed by atoms with van der Waals surface area (Å²) in [6, 6.07) is 14.6. The second-order valence-electron chi connectivity index (χ2n) is 6.78. The Morgan fingerprint density at radius 2 is 1.66 bits per heavy atom. The first kappa shape index (κ1) is 19.3. The highest BCUT2D eigenvalue weighted by molar-refractivity contribution is 7.98. The highest BCUT2D eigenvalue weighted by atomic mass is 32.2. The summed E-state index contributed by atoms with van der Waals surface area (Å²) in [6.45, 7) is 4.15. The maximum atomic E-state index is 5.58. The van der Waals surface area contributed by atoms with Gasteiger partial charge < -0.3 is 9.47 Å². The van der Waals surface area contributed by atoms with Crippen LogP contribution in [0.25, 0.3) is 28.0 Å². The van der Waals surface area contributed by atoms with E-state index in [4.69, 9.17) is 9.47 Å². The van der Waals surface area contributed by atoms with Gasteiger partial charge in [-0.25, -0.2) is 0 Å². The van der Waals surface area contributed by atoms with Crippen molar-refractivity contribution in [1.29, 1.82) is 0 Å². The minimum Gasteiger partial charge on any atom is -0.493 e. The van der Waals surface area contributed by atoms with Crippen LogP contribution in [0.15, 0.2) is 47.6 Å². The molecule has 0 radical (unpaired) electrons. The molecule has 148 valence electrons. The third-order valence-corrected chi connectivity index (χ3v) is 5.47. The fourth-order valence-electron chi connectivity index (χ4n) is 3.50. The Morgan fingerprint density at radius 3 is 2.28 bits per heavy atom. The van der Waals surface area contributed by atoms with E-state index in [1.807, 2.05) is 18.4 Å². The van der Waals surface area contributed by atoms with Gasteiger partial charge in [0.25, 0.3) is 5.16 Å². The van der Waals surface area contributed by atoms with E-state index < -0.39 is 0 Å². The van der Waals surface area contributed by atoms with Gasteiger partial charge in [0.15, 0.2) is 11.5 Å². The van der Waals surface area contributed by atoms with Crippen LogP contribution < -0.4 is 14.0 Å². The molecule has 4 rings (SSSR count). The van der Waals surface area contributed by atoms with E-state index in [0.717, 1.165) is 27.7 Å². The van der Waals surface area contributed by atoms with Crippen LogP contribution in [0.3, 0.4) is 0 Å². The molecule has 0 atom stereocenters. The molecule has 4 aromatic rings. The quantitative estimate of drug-likeness (QED) is 0.396. The molecule has 0 unspecified atom stereocenters. The van der Waals surface area contributed by atoms with Gasteiger partial charge in [-0.3, -0.25) is 0 Å². The molecule has 29 heavy (non-hydrogen) atoms. The van der Waals surface area contributed by atoms with Crippen molar-refractivity contribution >= 4 is 22.5 Å². The van der Waals surface area contributed by atoms with Gasteiger partial charge in [-0.05, 0) is 48.7 Å². The van der Waals surface area contributed by atoms with Crippen molar-refractivity contribution in [3.63, 3.8) is 0 Å². The molecule has 0 aliphatic rings. The smallest absolute Gasteiger partial charge is 0.423 e. The van der Waals surface area contributed by atoms with E-state index in [0.29, 0.717) is 22.6 Å². The SMILES string of the molecule is COc1cc2cc(C)[n+](-c3nc(SC)n[nH]3)c(-c3ccc(C)cc3)c2cc1OC. The first-order chi connectivity index (χ1) is 14.0. The third-order valence-electron chi connectivity index (χ3n) is 4.92. The molecule has 0 bridgehead atoms. The number of aryl methyl sites for hydroxylation is 2. The number of fused-ring (bicyclic) bond motifs is 1. The van der Waals surface area contributed by atoms with Gasteiger partial charge in [-0.1, -0.05) is 46.7 Å². The Hall–Kier alpha value is -3.06. The van der Waals surface area contributed by atoms with E-state index in [1.165, 1.54) is 17.3 Å². The van der Waals surface area contributed by atoms with Crippen molar-refractivity contribution in [2.24, 2.45) is 0 Å². The number of aromatic amines is 1. The molecule has 0 spiro atoms. The zero-order valence-electron chi connectivity index (χ0n) is 17.1. The summed E-state index contributed by atoms with van der Waals surface area (Å²) in [7, 11) is 3.30. The van der Waals surface area contributed by atoms with Crippen molar-refractivity contribution in [2.75, 3.05) is 20.5 Å². The summed E-state index contributed by atoms with van der Waals surface area (Å²) in [6.07, 6.45) is 1.96. The van der Waals surface area contributed by atoms with Gasteiger partial charge in [0, 0.05) is 10.9 Å². The summed E-state index contributed by atoms with van der Waals surface area (Å²) in [5.41, 5.74) is 4.34. The molecule has 0 aliphatic heterocycles. The number of hydrogen-bond donors (Lipinski definition) is 1. The predicted molar refractivity (Wildman–Crippen MR) is 115 cm³/mol. The predicted octanol–water partition coefficient (Wildman–Crippen LogP) is 4.26. The number of benzene rings is 2. The van der Waals surface area contributed by atoms with Crippen LogP contribution in [-0.2, 0) is 0 Å². The van der Waals surface area contributed by atoms with Crippen molar-refractivity contribution < 1.29 is 14.0 Å². The molecule has 0 amide bonds. The Kier molecular flexibility index (Phi) is 5.15. The van der Waals surface area contributed by atoms with Crippen molar-refractivity contribution in [3.8, 4) is 28.7 Å². The van der Waals surface area contributed by atoms with E-state index in [1.54, 1.807) is 14.2 Å². The van der Waals surface area contributed by atoms with E-state index >= 15 is 0 Å². The lowest BCUT2D eigenvalue weighted by Gasteiger charge is -2.15. The van der Waals surface area contributed by atoms with Crippen LogP contribution in [0.1, 0.15) is 11.3 Å². The number of nitrogens with zero attached hydrogens (tertiary/aromatic N) is 3. The van der Waals surface area contributed by atoms with Crippen LogP contribution in [0.5, 0.6) is 11.5 Å². The third kappa shape index (κ3) is 3.42. The Labute approximate surface area is 173 Å². The number of H-pyrrole nitrogens is 1. The minimum atomic E-state index is 0.680. The van der Waals surface area contributed by atoms with E-state index in [9.17, 15) is 0 Å². The van der Waals surface area contributed by atoms with Crippen molar-refractivity contribution in [2.45, 2.75) is 19.0 Å². The van der Waals surface area contributed by atoms with Gasteiger partial charge >= 0.3 is 5.95 Å². The van der Waals surface area contributed by atoms with Crippen LogP contribution in [-0.4, -0.2) is 35.7 Å². The second-order valence-corrected chi connectivity index (χ2v) is 7.55. The van der Waals surface area contributed by atoms with Gasteiger partial charge in [-0.15, -0.1) is 5.10 Å². The summed E-state index contributed by atoms with van der Waals surface area (Å²) in [5, 5.41) is 10.2. The van der Waals surface area contributed by atoms with Gasteiger partial charge in [0.2, 0.25) is 0 Å². The lowest BCUT2D eigenvalue weighted by molar-refractivity contribution is -0.597. The van der Waals surface area contributed by atoms with Crippen molar-refractivity contribution in [1.82, 2.24) is 15.2 Å². The highest BCUT2D eigenvalue weighted by Crippen LogP contribution is 2.36. The average molecular weight is 408 g/mol. The topological polar surface area (TPSA) is 63.9 Å². The molecule has 0 fully saturated rings. The summed E-state index contributed by atoms with van der Waals surface area (Å²) in [4.78, 5) is 4.65. The van der Waals surface area contributed by atoms with Gasteiger partial charge in [0.05, 0.1) is 19.9 Å². The lowest BCUT2D eigenvalue weighted by atomic mass is 10.0. The van der Waals surface area contributed by atoms with Crippen LogP contribution in [0.4, 0.5) is 0 Å². The van der Waals surface area contributed by atoms with Crippen molar-refractivity contribution in [3.05, 3.63) is 53.7 Å². The standard InChI is InChI=1S/C22H23N4O2S/c1-13-6-8-15(9-7-13)20-17-12-19(28-4)18(27-3)11-16(17)10-14(2)26(20)21-23-22(29-5)25-24-21/h6-12H,1-5H3,(H,23,24,25)/q+1. The molecule has 7 heteroatoms. The molecular weight excluding hydrogens is 384 g/mol.